The molecule has 1 heterocycles. The SMILES string of the molecule is Cc1cc(NC(=O)C2CC(=O)N(c3ccccc3F)C2)ccc1Br. The summed E-state index contributed by atoms with van der Waals surface area (Å²) in [5.74, 6) is -1.44. The fourth-order valence-electron chi connectivity index (χ4n) is 2.75. The maximum Gasteiger partial charge on any atom is 0.229 e. The maximum atomic E-state index is 13.9. The molecule has 1 aliphatic heterocycles. The molecule has 1 aliphatic rings. The topological polar surface area (TPSA) is 49.4 Å². The highest BCUT2D eigenvalue weighted by Gasteiger charge is 2.36. The Kier molecular flexibility index (Phi) is 4.66. The first-order valence-electron chi connectivity index (χ1n) is 7.57. The molecule has 0 radical (unpaired) electrons. The lowest BCUT2D eigenvalue weighted by Gasteiger charge is -2.17. The summed E-state index contributed by atoms with van der Waals surface area (Å²) in [6.07, 6.45) is 0.0790. The van der Waals surface area contributed by atoms with E-state index in [0.29, 0.717) is 5.69 Å². The van der Waals surface area contributed by atoms with E-state index in [1.807, 2.05) is 19.1 Å². The van der Waals surface area contributed by atoms with Gasteiger partial charge in [0.15, 0.2) is 0 Å². The Hall–Kier alpha value is -2.21. The van der Waals surface area contributed by atoms with Gasteiger partial charge in [0.1, 0.15) is 5.82 Å². The standard InChI is InChI=1S/C18H16BrFN2O2/c1-11-8-13(6-7-14(11)19)21-18(24)12-9-17(23)22(10-12)16-5-3-2-4-15(16)20/h2-8,12H,9-10H2,1H3,(H,21,24). The molecule has 0 aromatic heterocycles. The molecule has 1 saturated heterocycles. The minimum absolute atomic E-state index is 0.0790. The van der Waals surface area contributed by atoms with Gasteiger partial charge in [-0.25, -0.2) is 4.39 Å². The van der Waals surface area contributed by atoms with Crippen molar-refractivity contribution in [3.05, 3.63) is 58.3 Å². The van der Waals surface area contributed by atoms with E-state index >= 15 is 0 Å². The first-order chi connectivity index (χ1) is 11.5. The molecule has 2 aromatic carbocycles. The van der Waals surface area contributed by atoms with E-state index < -0.39 is 11.7 Å². The smallest absolute Gasteiger partial charge is 0.229 e. The Morgan fingerprint density at radius 2 is 2.04 bits per heavy atom. The number of hydrogen-bond donors (Lipinski definition) is 1. The number of rotatable bonds is 3. The summed E-state index contributed by atoms with van der Waals surface area (Å²) in [5, 5.41) is 2.83. The number of aryl methyl sites for hydroxylation is 1. The van der Waals surface area contributed by atoms with E-state index in [4.69, 9.17) is 0 Å². The van der Waals surface area contributed by atoms with E-state index in [0.717, 1.165) is 10.0 Å². The molecule has 0 bridgehead atoms. The fourth-order valence-corrected chi connectivity index (χ4v) is 3.00. The van der Waals surface area contributed by atoms with Gasteiger partial charge >= 0.3 is 0 Å². The van der Waals surface area contributed by atoms with Crippen LogP contribution in [0.2, 0.25) is 0 Å². The van der Waals surface area contributed by atoms with Gasteiger partial charge in [0.25, 0.3) is 0 Å². The second kappa shape index (κ2) is 6.73. The second-order valence-electron chi connectivity index (χ2n) is 5.81. The van der Waals surface area contributed by atoms with Crippen molar-refractivity contribution in [3.8, 4) is 0 Å². The van der Waals surface area contributed by atoms with Crippen LogP contribution in [-0.4, -0.2) is 18.4 Å². The van der Waals surface area contributed by atoms with Gasteiger partial charge in [0, 0.05) is 23.1 Å². The lowest BCUT2D eigenvalue weighted by atomic mass is 10.1. The van der Waals surface area contributed by atoms with Gasteiger partial charge in [-0.2, -0.15) is 0 Å². The van der Waals surface area contributed by atoms with Crippen LogP contribution in [0, 0.1) is 18.7 Å². The van der Waals surface area contributed by atoms with Crippen molar-refractivity contribution in [1.82, 2.24) is 0 Å². The van der Waals surface area contributed by atoms with Crippen LogP contribution in [0.3, 0.4) is 0 Å². The van der Waals surface area contributed by atoms with Gasteiger partial charge in [0.2, 0.25) is 11.8 Å². The Bertz CT molecular complexity index is 809. The zero-order valence-electron chi connectivity index (χ0n) is 13.1. The van der Waals surface area contributed by atoms with Crippen LogP contribution < -0.4 is 10.2 Å². The Balaban J connectivity index is 1.72. The zero-order chi connectivity index (χ0) is 17.3. The molecule has 0 aliphatic carbocycles. The molecule has 1 N–H and O–H groups in total. The number of amides is 2. The average Bonchev–Trinajstić information content (AvgIpc) is 2.93. The Labute approximate surface area is 147 Å². The molecule has 1 atom stereocenters. The summed E-state index contributed by atoms with van der Waals surface area (Å²) >= 11 is 3.41. The summed E-state index contributed by atoms with van der Waals surface area (Å²) in [4.78, 5) is 25.9. The minimum Gasteiger partial charge on any atom is -0.326 e. The lowest BCUT2D eigenvalue weighted by Crippen LogP contribution is -2.28. The highest BCUT2D eigenvalue weighted by atomic mass is 79.9. The maximum absolute atomic E-state index is 13.9. The number of nitrogens with zero attached hydrogens (tertiary/aromatic N) is 1. The molecular formula is C18H16BrFN2O2. The molecule has 2 aromatic rings. The van der Waals surface area contributed by atoms with Crippen LogP contribution in [0.15, 0.2) is 46.9 Å². The number of carbonyl (C=O) groups is 2. The number of hydrogen-bond acceptors (Lipinski definition) is 2. The predicted octanol–water partition coefficient (Wildman–Crippen LogP) is 3.89. The number of halogens is 2. The summed E-state index contributed by atoms with van der Waals surface area (Å²) < 4.78 is 14.8. The second-order valence-corrected chi connectivity index (χ2v) is 6.66. The zero-order valence-corrected chi connectivity index (χ0v) is 14.6. The number of benzene rings is 2. The van der Waals surface area contributed by atoms with E-state index in [9.17, 15) is 14.0 Å². The van der Waals surface area contributed by atoms with Crippen molar-refractivity contribution >= 4 is 39.1 Å². The minimum atomic E-state index is -0.499. The molecule has 1 fully saturated rings. The molecular weight excluding hydrogens is 375 g/mol. The van der Waals surface area contributed by atoms with Crippen molar-refractivity contribution in [1.29, 1.82) is 0 Å². The fraction of sp³-hybridized carbons (Fsp3) is 0.222. The van der Waals surface area contributed by atoms with Gasteiger partial charge in [-0.05, 0) is 42.8 Å². The van der Waals surface area contributed by atoms with Crippen LogP contribution in [0.5, 0.6) is 0 Å². The van der Waals surface area contributed by atoms with Crippen LogP contribution in [0.25, 0.3) is 0 Å². The molecule has 4 nitrogen and oxygen atoms in total. The summed E-state index contributed by atoms with van der Waals surface area (Å²) in [6.45, 7) is 2.11. The molecule has 6 heteroatoms. The monoisotopic (exact) mass is 390 g/mol. The van der Waals surface area contributed by atoms with Gasteiger partial charge in [-0.15, -0.1) is 0 Å². The number of anilines is 2. The normalized spacial score (nSPS) is 17.2. The van der Waals surface area contributed by atoms with Crippen LogP contribution in [0.1, 0.15) is 12.0 Å². The summed E-state index contributed by atoms with van der Waals surface area (Å²) in [5.41, 5.74) is 1.90. The number of carbonyl (C=O) groups excluding carboxylic acids is 2. The highest BCUT2D eigenvalue weighted by molar-refractivity contribution is 9.10. The quantitative estimate of drug-likeness (QED) is 0.863. The largest absolute Gasteiger partial charge is 0.326 e. The number of para-hydroxylation sites is 1. The van der Waals surface area contributed by atoms with Crippen molar-refractivity contribution in [2.45, 2.75) is 13.3 Å². The van der Waals surface area contributed by atoms with E-state index in [2.05, 4.69) is 21.2 Å². The highest BCUT2D eigenvalue weighted by Crippen LogP contribution is 2.28. The van der Waals surface area contributed by atoms with Crippen molar-refractivity contribution in [2.75, 3.05) is 16.8 Å². The molecule has 3 rings (SSSR count). The molecule has 0 saturated carbocycles. The van der Waals surface area contributed by atoms with Gasteiger partial charge < -0.3 is 10.2 Å². The van der Waals surface area contributed by atoms with E-state index in [-0.39, 0.29) is 30.5 Å². The number of nitrogens with one attached hydrogen (secondary N) is 1. The molecule has 24 heavy (non-hydrogen) atoms. The first kappa shape index (κ1) is 16.6. The van der Waals surface area contributed by atoms with E-state index in [1.54, 1.807) is 24.3 Å². The molecule has 2 amide bonds. The van der Waals surface area contributed by atoms with E-state index in [1.165, 1.54) is 11.0 Å². The molecule has 1 unspecified atom stereocenters. The molecule has 0 spiro atoms. The lowest BCUT2D eigenvalue weighted by molar-refractivity contribution is -0.122. The van der Waals surface area contributed by atoms with Crippen molar-refractivity contribution in [2.24, 2.45) is 5.92 Å². The van der Waals surface area contributed by atoms with Crippen molar-refractivity contribution < 1.29 is 14.0 Å². The van der Waals surface area contributed by atoms with Gasteiger partial charge in [-0.1, -0.05) is 28.1 Å². The first-order valence-corrected chi connectivity index (χ1v) is 8.37. The third-order valence-electron chi connectivity index (χ3n) is 4.06. The van der Waals surface area contributed by atoms with Gasteiger partial charge in [0.05, 0.1) is 11.6 Å². The predicted molar refractivity (Wildman–Crippen MR) is 94.4 cm³/mol. The molecule has 124 valence electrons. The van der Waals surface area contributed by atoms with Crippen LogP contribution in [0.4, 0.5) is 15.8 Å². The van der Waals surface area contributed by atoms with Crippen LogP contribution in [-0.2, 0) is 9.59 Å². The third-order valence-corrected chi connectivity index (χ3v) is 4.95. The third kappa shape index (κ3) is 3.33. The van der Waals surface area contributed by atoms with Gasteiger partial charge in [-0.3, -0.25) is 9.59 Å². The van der Waals surface area contributed by atoms with Crippen molar-refractivity contribution in [3.63, 3.8) is 0 Å². The Morgan fingerprint density at radius 1 is 1.29 bits per heavy atom. The summed E-state index contributed by atoms with van der Waals surface area (Å²) in [7, 11) is 0. The average molecular weight is 391 g/mol. The summed E-state index contributed by atoms with van der Waals surface area (Å²) in [6, 6.07) is 11.6. The van der Waals surface area contributed by atoms with Crippen LogP contribution >= 0.6 is 15.9 Å². The Morgan fingerprint density at radius 3 is 2.75 bits per heavy atom.